The Morgan fingerprint density at radius 2 is 1.56 bits per heavy atom. The van der Waals surface area contributed by atoms with Crippen LogP contribution in [0.15, 0.2) is 84.0 Å². The second-order valence-electron chi connectivity index (χ2n) is 7.72. The largest absolute Gasteiger partial charge is 0.318 e. The molecule has 1 N–H and O–H groups in total. The van der Waals surface area contributed by atoms with Crippen LogP contribution in [-0.4, -0.2) is 21.6 Å². The van der Waals surface area contributed by atoms with Crippen LogP contribution in [0.25, 0.3) is 16.8 Å². The lowest BCUT2D eigenvalue weighted by atomic mass is 10.0. The second-order valence-corrected chi connectivity index (χ2v) is 8.16. The Kier molecular flexibility index (Phi) is 6.56. The predicted octanol–water partition coefficient (Wildman–Crippen LogP) is 6.09. The van der Waals surface area contributed by atoms with E-state index in [1.54, 1.807) is 42.6 Å². The van der Waals surface area contributed by atoms with Gasteiger partial charge in [-0.25, -0.2) is 5.43 Å². The quantitative estimate of drug-likeness (QED) is 0.209. The van der Waals surface area contributed by atoms with Gasteiger partial charge < -0.3 is 4.57 Å². The van der Waals surface area contributed by atoms with Crippen LogP contribution < -0.4 is 5.43 Å². The highest BCUT2D eigenvalue weighted by molar-refractivity contribution is 6.30. The smallest absolute Gasteiger partial charge is 0.271 e. The fourth-order valence-electron chi connectivity index (χ4n) is 3.72. The molecule has 4 rings (SSSR count). The van der Waals surface area contributed by atoms with Gasteiger partial charge in [-0.2, -0.15) is 5.10 Å². The van der Waals surface area contributed by atoms with Gasteiger partial charge in [0.2, 0.25) is 0 Å². The van der Waals surface area contributed by atoms with E-state index in [1.165, 1.54) is 12.1 Å². The van der Waals surface area contributed by atoms with E-state index in [9.17, 15) is 14.9 Å². The maximum Gasteiger partial charge on any atom is 0.271 e. The van der Waals surface area contributed by atoms with Gasteiger partial charge in [0.05, 0.1) is 11.1 Å². The van der Waals surface area contributed by atoms with Gasteiger partial charge in [0, 0.05) is 45.4 Å². The molecule has 1 amide bonds. The van der Waals surface area contributed by atoms with Crippen LogP contribution in [0.5, 0.6) is 0 Å². The number of hydrazone groups is 1. The molecule has 0 aliphatic rings. The topological polar surface area (TPSA) is 89.5 Å². The molecule has 0 atom stereocenters. The molecule has 0 spiro atoms. The predicted molar refractivity (Wildman–Crippen MR) is 134 cm³/mol. The average molecular weight is 473 g/mol. The summed E-state index contributed by atoms with van der Waals surface area (Å²) in [6.07, 6.45) is 1.62. The minimum Gasteiger partial charge on any atom is -0.318 e. The van der Waals surface area contributed by atoms with Gasteiger partial charge in [-0.1, -0.05) is 23.7 Å². The van der Waals surface area contributed by atoms with Gasteiger partial charge in [0.1, 0.15) is 0 Å². The number of aromatic nitrogens is 1. The first-order chi connectivity index (χ1) is 16.3. The zero-order chi connectivity index (χ0) is 24.2. The van der Waals surface area contributed by atoms with Gasteiger partial charge in [-0.05, 0) is 79.6 Å². The Bertz CT molecular complexity index is 1370. The molecule has 0 saturated carbocycles. The average Bonchev–Trinajstić information content (AvgIpc) is 3.12. The molecule has 7 nitrogen and oxygen atoms in total. The van der Waals surface area contributed by atoms with Crippen LogP contribution in [0, 0.1) is 24.0 Å². The standard InChI is InChI=1S/C26H21ClN4O3/c1-17-15-22(16-28-29-26(32)21-3-9-23(27)10-4-21)18(2)30(17)24-11-5-19(6-12-24)20-7-13-25(14-8-20)31(33)34/h3-16H,1-2H3,(H,29,32)/b28-16-. The zero-order valence-electron chi connectivity index (χ0n) is 18.5. The second kappa shape index (κ2) is 9.72. The van der Waals surface area contributed by atoms with E-state index in [2.05, 4.69) is 15.1 Å². The van der Waals surface area contributed by atoms with E-state index in [-0.39, 0.29) is 11.6 Å². The van der Waals surface area contributed by atoms with Crippen LogP contribution in [0.2, 0.25) is 5.02 Å². The summed E-state index contributed by atoms with van der Waals surface area (Å²) in [7, 11) is 0. The van der Waals surface area contributed by atoms with Crippen LogP contribution in [-0.2, 0) is 0 Å². The van der Waals surface area contributed by atoms with Crippen molar-refractivity contribution in [3.8, 4) is 16.8 Å². The molecule has 1 aromatic heterocycles. The third kappa shape index (κ3) is 4.89. The van der Waals surface area contributed by atoms with Crippen molar-refractivity contribution >= 4 is 29.4 Å². The summed E-state index contributed by atoms with van der Waals surface area (Å²) in [6, 6.07) is 23.0. The van der Waals surface area contributed by atoms with Crippen molar-refractivity contribution in [1.29, 1.82) is 0 Å². The number of nitrogens with zero attached hydrogens (tertiary/aromatic N) is 3. The van der Waals surface area contributed by atoms with Crippen molar-refractivity contribution in [2.24, 2.45) is 5.10 Å². The summed E-state index contributed by atoms with van der Waals surface area (Å²) in [5.74, 6) is -0.316. The maximum atomic E-state index is 12.2. The highest BCUT2D eigenvalue weighted by atomic mass is 35.5. The van der Waals surface area contributed by atoms with Gasteiger partial charge in [0.15, 0.2) is 0 Å². The van der Waals surface area contributed by atoms with Crippen molar-refractivity contribution in [3.63, 3.8) is 0 Å². The van der Waals surface area contributed by atoms with Crippen LogP contribution in [0.3, 0.4) is 0 Å². The summed E-state index contributed by atoms with van der Waals surface area (Å²) in [6.45, 7) is 3.99. The monoisotopic (exact) mass is 472 g/mol. The molecular formula is C26H21ClN4O3. The summed E-state index contributed by atoms with van der Waals surface area (Å²) in [5, 5.41) is 15.5. The summed E-state index contributed by atoms with van der Waals surface area (Å²) >= 11 is 5.86. The molecule has 0 aliphatic heterocycles. The number of halogens is 1. The molecule has 0 aliphatic carbocycles. The fraction of sp³-hybridized carbons (Fsp3) is 0.0769. The van der Waals surface area contributed by atoms with Crippen LogP contribution >= 0.6 is 11.6 Å². The number of hydrogen-bond acceptors (Lipinski definition) is 4. The van der Waals surface area contributed by atoms with E-state index in [1.807, 2.05) is 44.2 Å². The molecule has 3 aromatic carbocycles. The SMILES string of the molecule is Cc1cc(/C=N\NC(=O)c2ccc(Cl)cc2)c(C)n1-c1ccc(-c2ccc([N+](=O)[O-])cc2)cc1. The minimum atomic E-state index is -0.408. The van der Waals surface area contributed by atoms with Crippen molar-refractivity contribution in [3.05, 3.63) is 117 Å². The molecule has 0 saturated heterocycles. The first-order valence-electron chi connectivity index (χ1n) is 10.5. The number of nitro groups is 1. The Morgan fingerprint density at radius 1 is 0.971 bits per heavy atom. The normalized spacial score (nSPS) is 11.0. The number of aryl methyl sites for hydroxylation is 1. The number of non-ortho nitro benzene ring substituents is 1. The van der Waals surface area contributed by atoms with Crippen LogP contribution in [0.1, 0.15) is 27.3 Å². The molecule has 0 fully saturated rings. The molecular weight excluding hydrogens is 452 g/mol. The lowest BCUT2D eigenvalue weighted by Crippen LogP contribution is -2.17. The Labute approximate surface area is 201 Å². The fourth-order valence-corrected chi connectivity index (χ4v) is 3.85. The third-order valence-corrected chi connectivity index (χ3v) is 5.74. The number of carbonyl (C=O) groups is 1. The number of nitrogens with one attached hydrogen (secondary N) is 1. The number of amides is 1. The van der Waals surface area contributed by atoms with Crippen molar-refractivity contribution < 1.29 is 9.72 Å². The summed E-state index contributed by atoms with van der Waals surface area (Å²) in [5.41, 5.74) is 8.80. The first-order valence-corrected chi connectivity index (χ1v) is 10.8. The zero-order valence-corrected chi connectivity index (χ0v) is 19.3. The van der Waals surface area contributed by atoms with Gasteiger partial charge in [0.25, 0.3) is 11.6 Å². The Morgan fingerprint density at radius 3 is 2.15 bits per heavy atom. The van der Waals surface area contributed by atoms with Gasteiger partial charge in [-0.15, -0.1) is 0 Å². The first kappa shape index (κ1) is 22.9. The van der Waals surface area contributed by atoms with Crippen molar-refractivity contribution in [2.45, 2.75) is 13.8 Å². The molecule has 0 bridgehead atoms. The highest BCUT2D eigenvalue weighted by Gasteiger charge is 2.11. The highest BCUT2D eigenvalue weighted by Crippen LogP contribution is 2.25. The van der Waals surface area contributed by atoms with E-state index in [0.29, 0.717) is 10.6 Å². The lowest BCUT2D eigenvalue weighted by Gasteiger charge is -2.11. The third-order valence-electron chi connectivity index (χ3n) is 5.48. The molecule has 0 unspecified atom stereocenters. The number of hydrogen-bond donors (Lipinski definition) is 1. The van der Waals surface area contributed by atoms with Crippen molar-refractivity contribution in [2.75, 3.05) is 0 Å². The summed E-state index contributed by atoms with van der Waals surface area (Å²) < 4.78 is 2.10. The molecule has 170 valence electrons. The van der Waals surface area contributed by atoms with E-state index < -0.39 is 4.92 Å². The van der Waals surface area contributed by atoms with Crippen LogP contribution in [0.4, 0.5) is 5.69 Å². The molecule has 0 radical (unpaired) electrons. The van der Waals surface area contributed by atoms with E-state index >= 15 is 0 Å². The summed E-state index contributed by atoms with van der Waals surface area (Å²) in [4.78, 5) is 22.7. The number of rotatable bonds is 6. The maximum absolute atomic E-state index is 12.2. The minimum absolute atomic E-state index is 0.0671. The molecule has 34 heavy (non-hydrogen) atoms. The molecule has 4 aromatic rings. The van der Waals surface area contributed by atoms with E-state index in [0.717, 1.165) is 33.8 Å². The molecule has 8 heteroatoms. The number of benzene rings is 3. The molecule has 1 heterocycles. The Balaban J connectivity index is 1.50. The number of carbonyl (C=O) groups excluding carboxylic acids is 1. The Hall–Kier alpha value is -4.23. The van der Waals surface area contributed by atoms with E-state index in [4.69, 9.17) is 11.6 Å². The van der Waals surface area contributed by atoms with Crippen molar-refractivity contribution in [1.82, 2.24) is 9.99 Å². The van der Waals surface area contributed by atoms with Gasteiger partial charge in [-0.3, -0.25) is 14.9 Å². The van der Waals surface area contributed by atoms with Gasteiger partial charge >= 0.3 is 0 Å². The lowest BCUT2D eigenvalue weighted by molar-refractivity contribution is -0.384. The number of nitro benzene ring substituents is 1.